The minimum absolute atomic E-state index is 0. The molecule has 1 rings (SSSR count). The average molecular weight is 320 g/mol. The molecule has 0 aromatic heterocycles. The van der Waals surface area contributed by atoms with Crippen LogP contribution in [0.2, 0.25) is 0 Å². The minimum Gasteiger partial charge on any atom is -1.00 e. The molecule has 7 N–H and O–H groups in total. The normalized spacial score (nSPS) is 11.9. The van der Waals surface area contributed by atoms with Crippen molar-refractivity contribution in [2.75, 3.05) is 20.1 Å². The summed E-state index contributed by atoms with van der Waals surface area (Å²) in [4.78, 5) is 42.4. The van der Waals surface area contributed by atoms with Crippen LogP contribution in [0.3, 0.4) is 0 Å². The van der Waals surface area contributed by atoms with Crippen molar-refractivity contribution in [1.82, 2.24) is 4.90 Å². The van der Waals surface area contributed by atoms with E-state index in [0.29, 0.717) is 5.91 Å². The summed E-state index contributed by atoms with van der Waals surface area (Å²) in [5.74, 6) is 0.292. The fourth-order valence-corrected chi connectivity index (χ4v) is 0.783. The van der Waals surface area contributed by atoms with Crippen LogP contribution in [0.1, 0.15) is 22.6 Å². The van der Waals surface area contributed by atoms with Crippen LogP contribution in [0.25, 0.3) is 0 Å². The summed E-state index contributed by atoms with van der Waals surface area (Å²) in [6.07, 6.45) is -0.0220. The average Bonchev–Trinajstić information content (AvgIpc) is 2.48. The van der Waals surface area contributed by atoms with Gasteiger partial charge in [-0.1, -0.05) is 6.92 Å². The molecule has 0 radical (unpaired) electrons. The molecule has 0 aromatic carbocycles. The molecule has 120 valence electrons. The first-order chi connectivity index (χ1) is 8.45. The van der Waals surface area contributed by atoms with Crippen molar-refractivity contribution in [3.8, 4) is 0 Å². The summed E-state index contributed by atoms with van der Waals surface area (Å²) < 4.78 is 8.88. The van der Waals surface area contributed by atoms with Gasteiger partial charge in [0.05, 0.1) is 0 Å². The van der Waals surface area contributed by atoms with Gasteiger partial charge >= 0.3 is 51.7 Å². The van der Waals surface area contributed by atoms with E-state index in [1.807, 2.05) is 14.0 Å². The number of carbonyl (C=O) groups is 2. The Morgan fingerprint density at radius 3 is 1.62 bits per heavy atom. The Kier molecular flexibility index (Phi) is 31.3. The van der Waals surface area contributed by atoms with Crippen LogP contribution >= 0.6 is 7.82 Å². The number of nitrogens with zero attached hydrogens (tertiary/aromatic N) is 1. The summed E-state index contributed by atoms with van der Waals surface area (Å²) in [6.45, 7) is 3.61. The smallest absolute Gasteiger partial charge is 1.00 e. The summed E-state index contributed by atoms with van der Waals surface area (Å²) in [5.41, 5.74) is 4.85. The number of carboxylic acid groups (broad SMARTS) is 2. The van der Waals surface area contributed by atoms with Crippen molar-refractivity contribution in [1.29, 1.82) is 0 Å². The van der Waals surface area contributed by atoms with Gasteiger partial charge in [-0.25, -0.2) is 9.36 Å². The van der Waals surface area contributed by atoms with Crippen LogP contribution in [0.15, 0.2) is 0 Å². The monoisotopic (exact) mass is 320 g/mol. The summed E-state index contributed by atoms with van der Waals surface area (Å²) in [5, 5.41) is 13.9. The first-order valence-electron chi connectivity index (χ1n) is 5.09. The molecule has 1 heterocycles. The number of hydrogen-bond donors (Lipinski definition) is 6. The first kappa shape index (κ1) is 32.8. The largest absolute Gasteiger partial charge is 1.00 e. The second-order valence-electron chi connectivity index (χ2n) is 3.12. The van der Waals surface area contributed by atoms with Crippen LogP contribution in [0.5, 0.6) is 0 Å². The minimum atomic E-state index is -4.64. The molecule has 10 nitrogen and oxygen atoms in total. The summed E-state index contributed by atoms with van der Waals surface area (Å²) in [7, 11) is -2.80. The zero-order chi connectivity index (χ0) is 16.1. The molecule has 0 unspecified atom stereocenters. The molecular formula is C8H23Li2N2O8P. The van der Waals surface area contributed by atoms with E-state index in [1.54, 1.807) is 4.90 Å². The number of nitrogens with two attached hydrogens (primary N) is 1. The van der Waals surface area contributed by atoms with Gasteiger partial charge in [0, 0.05) is 20.0 Å². The van der Waals surface area contributed by atoms with Crippen LogP contribution in [0.4, 0.5) is 4.79 Å². The Hall–Kier alpha value is 0.00481. The van der Waals surface area contributed by atoms with Crippen molar-refractivity contribution in [3.63, 3.8) is 0 Å². The quantitative estimate of drug-likeness (QED) is 0.187. The van der Waals surface area contributed by atoms with E-state index in [1.165, 1.54) is 0 Å². The SMILES string of the molecule is CCN.CN1CCCC1=O.O=C(O)O.O=P(O)(O)O.[H-].[H-].[Li+].[Li+]. The van der Waals surface area contributed by atoms with Crippen molar-refractivity contribution < 1.29 is 79.6 Å². The number of phosphoric acid groups is 1. The maximum Gasteiger partial charge on any atom is 1.00 e. The molecule has 21 heavy (non-hydrogen) atoms. The van der Waals surface area contributed by atoms with E-state index in [2.05, 4.69) is 0 Å². The summed E-state index contributed by atoms with van der Waals surface area (Å²) in [6, 6.07) is 0. The van der Waals surface area contributed by atoms with E-state index >= 15 is 0 Å². The fourth-order valence-electron chi connectivity index (χ4n) is 0.783. The van der Waals surface area contributed by atoms with Crippen molar-refractivity contribution in [2.45, 2.75) is 19.8 Å². The van der Waals surface area contributed by atoms with Gasteiger partial charge in [0.1, 0.15) is 0 Å². The number of hydrogen-bond acceptors (Lipinski definition) is 4. The molecule has 13 heteroatoms. The van der Waals surface area contributed by atoms with E-state index in [4.69, 9.17) is 40.0 Å². The third-order valence-electron chi connectivity index (χ3n) is 1.31. The van der Waals surface area contributed by atoms with Crippen LogP contribution in [0, 0.1) is 0 Å². The Morgan fingerprint density at radius 2 is 1.57 bits per heavy atom. The van der Waals surface area contributed by atoms with Gasteiger partial charge in [0.15, 0.2) is 0 Å². The molecule has 0 aliphatic carbocycles. The molecule has 0 atom stereocenters. The molecule has 1 fully saturated rings. The zero-order valence-corrected chi connectivity index (χ0v) is 13.7. The molecule has 0 aromatic rings. The standard InChI is InChI=1S/C5H9NO.C2H7N.CH2O3.2Li.H3O4P.2H/c1-6-4-2-3-5(6)7;1-2-3;2-1(3)4;;;1-5(2,3)4;;/h2-4H2,1H3;2-3H2,1H3;(H2,2,3,4);;;(H3,1,2,3,4);;/q;;;2*+1;;2*-1. The molecule has 1 amide bonds. The number of rotatable bonds is 0. The van der Waals surface area contributed by atoms with Crippen molar-refractivity contribution in [2.24, 2.45) is 5.73 Å². The van der Waals surface area contributed by atoms with E-state index in [-0.39, 0.29) is 40.6 Å². The van der Waals surface area contributed by atoms with E-state index < -0.39 is 14.0 Å². The number of carbonyl (C=O) groups excluding carboxylic acids is 1. The Bertz CT molecular complexity index is 300. The third-order valence-corrected chi connectivity index (χ3v) is 1.31. The second kappa shape index (κ2) is 20.0. The van der Waals surface area contributed by atoms with Gasteiger partial charge in [-0.3, -0.25) is 4.79 Å². The zero-order valence-electron chi connectivity index (χ0n) is 14.8. The third kappa shape index (κ3) is 64.8. The van der Waals surface area contributed by atoms with Crippen LogP contribution in [-0.2, 0) is 9.36 Å². The number of amides is 1. The fraction of sp³-hybridized carbons (Fsp3) is 0.750. The number of likely N-dealkylation sites (tertiary alicyclic amines) is 1. The predicted molar refractivity (Wildman–Crippen MR) is 68.7 cm³/mol. The van der Waals surface area contributed by atoms with Gasteiger partial charge < -0.3 is 38.4 Å². The molecule has 1 saturated heterocycles. The second-order valence-corrected chi connectivity index (χ2v) is 4.15. The maximum absolute atomic E-state index is 10.5. The van der Waals surface area contributed by atoms with Crippen molar-refractivity contribution >= 4 is 19.9 Å². The van der Waals surface area contributed by atoms with Crippen LogP contribution < -0.4 is 43.5 Å². The Morgan fingerprint density at radius 1 is 1.33 bits per heavy atom. The molecule has 1 aliphatic heterocycles. The Labute approximate surface area is 150 Å². The van der Waals surface area contributed by atoms with Gasteiger partial charge in [-0.15, -0.1) is 0 Å². The molecule has 0 saturated carbocycles. The van der Waals surface area contributed by atoms with Crippen LogP contribution in [-0.4, -0.2) is 62.0 Å². The maximum atomic E-state index is 10.5. The van der Waals surface area contributed by atoms with Gasteiger partial charge in [0.25, 0.3) is 0 Å². The van der Waals surface area contributed by atoms with Gasteiger partial charge in [-0.05, 0) is 13.0 Å². The van der Waals surface area contributed by atoms with E-state index in [0.717, 1.165) is 25.9 Å². The van der Waals surface area contributed by atoms with E-state index in [9.17, 15) is 4.79 Å². The summed E-state index contributed by atoms with van der Waals surface area (Å²) >= 11 is 0. The van der Waals surface area contributed by atoms with Gasteiger partial charge in [0.2, 0.25) is 5.91 Å². The predicted octanol–water partition coefficient (Wildman–Crippen LogP) is -6.27. The molecule has 1 aliphatic rings. The first-order valence-corrected chi connectivity index (χ1v) is 6.66. The molecular weight excluding hydrogens is 297 g/mol. The molecule has 0 spiro atoms. The molecule has 0 bridgehead atoms. The topological polar surface area (TPSA) is 182 Å². The van der Waals surface area contributed by atoms with Gasteiger partial charge in [-0.2, -0.15) is 0 Å². The van der Waals surface area contributed by atoms with Crippen molar-refractivity contribution in [3.05, 3.63) is 0 Å². The Balaban J connectivity index is -0.0000000294.